The van der Waals surface area contributed by atoms with E-state index >= 15 is 4.39 Å². The molecule has 1 aromatic carbocycles. The van der Waals surface area contributed by atoms with Gasteiger partial charge >= 0.3 is 11.8 Å². The van der Waals surface area contributed by atoms with Crippen LogP contribution >= 0.6 is 11.6 Å². The van der Waals surface area contributed by atoms with E-state index in [9.17, 15) is 4.79 Å². The van der Waals surface area contributed by atoms with Gasteiger partial charge in [0.15, 0.2) is 17.5 Å². The number of hydrogen-bond donors (Lipinski definition) is 3. The first-order chi connectivity index (χ1) is 16.5. The Balaban J connectivity index is 1.82. The van der Waals surface area contributed by atoms with Crippen molar-refractivity contribution in [2.45, 2.75) is 39.2 Å². The molecule has 0 aliphatic carbocycles. The van der Waals surface area contributed by atoms with E-state index in [0.29, 0.717) is 17.1 Å². The number of aromatic nitrogens is 5. The second kappa shape index (κ2) is 10.6. The summed E-state index contributed by atoms with van der Waals surface area (Å²) >= 11 is 6.32. The average Bonchev–Trinajstić information content (AvgIpc) is 3.32. The smallest absolute Gasteiger partial charge is 0.315 e. The summed E-state index contributed by atoms with van der Waals surface area (Å²) in [5.41, 5.74) is 5.99. The van der Waals surface area contributed by atoms with Crippen LogP contribution in [0.1, 0.15) is 55.8 Å². The van der Waals surface area contributed by atoms with E-state index in [2.05, 4.69) is 40.7 Å². The van der Waals surface area contributed by atoms with Gasteiger partial charge in [0.25, 0.3) is 0 Å². The van der Waals surface area contributed by atoms with Crippen molar-refractivity contribution < 1.29 is 13.7 Å². The average molecular weight is 502 g/mol. The second-order valence-corrected chi connectivity index (χ2v) is 8.84. The van der Waals surface area contributed by atoms with Crippen LogP contribution in [0.4, 0.5) is 10.3 Å². The molecule has 3 aromatic rings. The number of carbonyl (C=O) groups excluding carboxylic acids is 1. The van der Waals surface area contributed by atoms with Crippen LogP contribution in [0.5, 0.6) is 0 Å². The molecule has 3 rings (SSSR count). The molecule has 184 valence electrons. The number of allylic oxidation sites excluding steroid dienone is 1. The number of aliphatic imine (C=N–C) groups is 1. The Hall–Kier alpha value is -3.93. The minimum absolute atomic E-state index is 0.0514. The van der Waals surface area contributed by atoms with E-state index in [-0.39, 0.29) is 33.7 Å². The lowest BCUT2D eigenvalue weighted by atomic mass is 9.96. The van der Waals surface area contributed by atoms with Gasteiger partial charge in [-0.1, -0.05) is 43.6 Å². The molecule has 0 saturated heterocycles. The van der Waals surface area contributed by atoms with Crippen LogP contribution in [-0.2, 0) is 5.41 Å². The Morgan fingerprint density at radius 3 is 2.66 bits per heavy atom. The molecule has 13 heteroatoms. The molecular formula is C22H25ClFN9O2. The zero-order valence-corrected chi connectivity index (χ0v) is 20.6. The lowest BCUT2D eigenvalue weighted by Gasteiger charge is -2.16. The molecule has 11 nitrogen and oxygen atoms in total. The zero-order valence-electron chi connectivity index (χ0n) is 19.8. The minimum Gasteiger partial charge on any atom is -0.403 e. The van der Waals surface area contributed by atoms with Crippen molar-refractivity contribution >= 4 is 29.7 Å². The van der Waals surface area contributed by atoms with Crippen molar-refractivity contribution in [3.8, 4) is 11.4 Å². The summed E-state index contributed by atoms with van der Waals surface area (Å²) in [7, 11) is 1.58. The molecule has 0 saturated carbocycles. The van der Waals surface area contributed by atoms with Crippen molar-refractivity contribution in [3.63, 3.8) is 0 Å². The molecule has 1 atom stereocenters. The van der Waals surface area contributed by atoms with E-state index in [4.69, 9.17) is 21.9 Å². The maximum absolute atomic E-state index is 15.2. The number of carbonyl (C=O) groups is 1. The Morgan fingerprint density at radius 2 is 2.03 bits per heavy atom. The fourth-order valence-electron chi connectivity index (χ4n) is 2.90. The van der Waals surface area contributed by atoms with Crippen LogP contribution in [0.2, 0.25) is 5.02 Å². The molecule has 0 radical (unpaired) electrons. The van der Waals surface area contributed by atoms with Gasteiger partial charge in [0, 0.05) is 24.9 Å². The van der Waals surface area contributed by atoms with Gasteiger partial charge in [-0.3, -0.25) is 9.79 Å². The minimum atomic E-state index is -0.750. The molecule has 0 fully saturated rings. The predicted molar refractivity (Wildman–Crippen MR) is 129 cm³/mol. The zero-order chi connectivity index (χ0) is 25.8. The number of nitrogens with zero attached hydrogens (tertiary/aromatic N) is 6. The first-order valence-corrected chi connectivity index (χ1v) is 10.9. The molecule has 2 heterocycles. The van der Waals surface area contributed by atoms with Crippen LogP contribution in [0, 0.1) is 5.82 Å². The molecule has 0 spiro atoms. The van der Waals surface area contributed by atoms with Crippen LogP contribution in [0.15, 0.2) is 39.9 Å². The summed E-state index contributed by atoms with van der Waals surface area (Å²) < 4.78 is 20.3. The fraction of sp³-hybridized carbons (Fsp3) is 0.318. The largest absolute Gasteiger partial charge is 0.403 e. The maximum Gasteiger partial charge on any atom is 0.315 e. The number of hydrogen-bond acceptors (Lipinski definition) is 10. The topological polar surface area (TPSA) is 157 Å². The number of benzene rings is 1. The van der Waals surface area contributed by atoms with Crippen molar-refractivity contribution in [1.29, 1.82) is 0 Å². The summed E-state index contributed by atoms with van der Waals surface area (Å²) in [5.74, 6) is -0.963. The third kappa shape index (κ3) is 5.96. The van der Waals surface area contributed by atoms with Gasteiger partial charge in [0.1, 0.15) is 6.33 Å². The Morgan fingerprint density at radius 1 is 1.29 bits per heavy atom. The highest BCUT2D eigenvalue weighted by Crippen LogP contribution is 2.32. The highest BCUT2D eigenvalue weighted by atomic mass is 35.5. The molecule has 2 aromatic heterocycles. The molecular weight excluding hydrogens is 477 g/mol. The molecule has 0 aliphatic rings. The van der Waals surface area contributed by atoms with Crippen molar-refractivity contribution in [2.75, 3.05) is 12.4 Å². The van der Waals surface area contributed by atoms with Crippen LogP contribution in [0.3, 0.4) is 0 Å². The summed E-state index contributed by atoms with van der Waals surface area (Å²) in [4.78, 5) is 32.8. The number of amides is 1. The van der Waals surface area contributed by atoms with Gasteiger partial charge in [-0.15, -0.1) is 0 Å². The van der Waals surface area contributed by atoms with Gasteiger partial charge in [-0.25, -0.2) is 14.4 Å². The van der Waals surface area contributed by atoms with Crippen molar-refractivity contribution in [1.82, 2.24) is 30.4 Å². The number of nitrogens with one attached hydrogen (secondary N) is 2. The lowest BCUT2D eigenvalue weighted by Crippen LogP contribution is -2.27. The number of rotatable bonds is 7. The normalized spacial score (nSPS) is 13.2. The first kappa shape index (κ1) is 25.7. The Labute approximate surface area is 206 Å². The van der Waals surface area contributed by atoms with Crippen molar-refractivity contribution in [3.05, 3.63) is 58.5 Å². The number of nitrogens with two attached hydrogens (primary N) is 1. The van der Waals surface area contributed by atoms with Gasteiger partial charge < -0.3 is 20.9 Å². The van der Waals surface area contributed by atoms with E-state index < -0.39 is 17.8 Å². The Bertz CT molecular complexity index is 1280. The number of anilines is 1. The maximum atomic E-state index is 15.2. The third-order valence-corrected chi connectivity index (χ3v) is 5.12. The Kier molecular flexibility index (Phi) is 7.75. The quantitative estimate of drug-likeness (QED) is 0.412. The molecule has 0 bridgehead atoms. The van der Waals surface area contributed by atoms with Crippen LogP contribution in [0.25, 0.3) is 11.4 Å². The van der Waals surface area contributed by atoms with Gasteiger partial charge in [-0.05, 0) is 18.6 Å². The van der Waals surface area contributed by atoms with Crippen LogP contribution < -0.4 is 16.4 Å². The highest BCUT2D eigenvalue weighted by Gasteiger charge is 2.26. The van der Waals surface area contributed by atoms with Crippen molar-refractivity contribution in [2.24, 2.45) is 10.7 Å². The molecule has 0 unspecified atom stereocenters. The highest BCUT2D eigenvalue weighted by molar-refractivity contribution is 6.32. The van der Waals surface area contributed by atoms with Gasteiger partial charge in [0.05, 0.1) is 22.3 Å². The standard InChI is InChI=1S/C22H25ClFN9O2/c1-11(29-18(34)19-32-20(33-35-19)22(2,3)4)13-6-7-14(16(24)15(13)23)17-27-10-28-21(31-17)30-12(8-25)9-26-5/h6-11H,25H2,1-5H3,(H,29,34)(H,27,28,30,31)/b12-8+,26-9?/t11-/m1/s1. The SMILES string of the molecule is CN=C/C(=C\N)Nc1ncnc(-c2ccc([C@@H](C)NC(=O)c3nc(C(C)(C)C)no3)c(Cl)c2F)n1. The van der Waals surface area contributed by atoms with Crippen LogP contribution in [-0.4, -0.2) is 44.3 Å². The van der Waals surface area contributed by atoms with E-state index in [1.807, 2.05) is 20.8 Å². The summed E-state index contributed by atoms with van der Waals surface area (Å²) in [6.07, 6.45) is 3.99. The van der Waals surface area contributed by atoms with Gasteiger partial charge in [0.2, 0.25) is 5.95 Å². The van der Waals surface area contributed by atoms with Gasteiger partial charge in [-0.2, -0.15) is 9.97 Å². The lowest BCUT2D eigenvalue weighted by molar-refractivity contribution is 0.0895. The third-order valence-electron chi connectivity index (χ3n) is 4.73. The number of halogens is 2. The predicted octanol–water partition coefficient (Wildman–Crippen LogP) is 3.42. The van der Waals surface area contributed by atoms with E-state index in [0.717, 1.165) is 0 Å². The molecule has 0 aliphatic heterocycles. The first-order valence-electron chi connectivity index (χ1n) is 10.5. The second-order valence-electron chi connectivity index (χ2n) is 8.47. The summed E-state index contributed by atoms with van der Waals surface area (Å²) in [6.45, 7) is 7.33. The van der Waals surface area contributed by atoms with E-state index in [1.165, 1.54) is 24.8 Å². The summed E-state index contributed by atoms with van der Waals surface area (Å²) in [6, 6.07) is 2.38. The monoisotopic (exact) mass is 501 g/mol. The van der Waals surface area contributed by atoms with E-state index in [1.54, 1.807) is 20.0 Å². The molecule has 35 heavy (non-hydrogen) atoms. The molecule has 4 N–H and O–H groups in total. The fourth-order valence-corrected chi connectivity index (χ4v) is 3.23. The molecule has 1 amide bonds. The summed E-state index contributed by atoms with van der Waals surface area (Å²) in [5, 5.41) is 9.18.